The first-order chi connectivity index (χ1) is 15.7. The largest absolute Gasteiger partial charge is 0.573 e. The van der Waals surface area contributed by atoms with Crippen LogP contribution in [-0.2, 0) is 17.8 Å². The van der Waals surface area contributed by atoms with Crippen molar-refractivity contribution < 1.29 is 32.6 Å². The van der Waals surface area contributed by atoms with E-state index in [4.69, 9.17) is 5.11 Å². The fourth-order valence-electron chi connectivity index (χ4n) is 3.59. The van der Waals surface area contributed by atoms with Gasteiger partial charge < -0.3 is 14.7 Å². The molecule has 0 aromatic heterocycles. The van der Waals surface area contributed by atoms with Crippen LogP contribution in [0.25, 0.3) is 0 Å². The molecule has 0 bridgehead atoms. The second-order valence-electron chi connectivity index (χ2n) is 7.36. The minimum Gasteiger partial charge on any atom is -0.478 e. The number of amides is 1. The normalized spacial score (nSPS) is 15.8. The minimum absolute atomic E-state index is 0.0862. The van der Waals surface area contributed by atoms with Gasteiger partial charge in [0.25, 0.3) is 0 Å². The van der Waals surface area contributed by atoms with Gasteiger partial charge >= 0.3 is 12.3 Å². The molecule has 0 spiro atoms. The van der Waals surface area contributed by atoms with Crippen LogP contribution in [0.2, 0.25) is 0 Å². The summed E-state index contributed by atoms with van der Waals surface area (Å²) in [6.45, 7) is -0.0862. The number of benzene rings is 3. The predicted octanol–water partition coefficient (Wildman–Crippen LogP) is 5.53. The van der Waals surface area contributed by atoms with Gasteiger partial charge in [0.2, 0.25) is 5.91 Å². The molecule has 1 aliphatic rings. The number of ether oxygens (including phenoxy) is 1. The Morgan fingerprint density at radius 2 is 1.67 bits per heavy atom. The standard InChI is InChI=1S/C24H18F3NO4S/c25-24(26,27)32-19-7-3-1-5-17(19)14-28-18-6-2-4-8-20(18)33-21(22(28)29)13-15-9-11-16(12-10-15)23(30)31/h1-12,21H,13-14H2,(H,30,31). The number of carboxylic acid groups (broad SMARTS) is 1. The summed E-state index contributed by atoms with van der Waals surface area (Å²) >= 11 is 1.38. The number of carbonyl (C=O) groups is 2. The van der Waals surface area contributed by atoms with Crippen LogP contribution in [0.15, 0.2) is 77.7 Å². The van der Waals surface area contributed by atoms with Crippen LogP contribution < -0.4 is 9.64 Å². The molecule has 1 atom stereocenters. The van der Waals surface area contributed by atoms with Crippen LogP contribution in [0.4, 0.5) is 18.9 Å². The first kappa shape index (κ1) is 22.7. The van der Waals surface area contributed by atoms with Crippen molar-refractivity contribution in [3.05, 3.63) is 89.5 Å². The van der Waals surface area contributed by atoms with E-state index in [2.05, 4.69) is 4.74 Å². The van der Waals surface area contributed by atoms with Gasteiger partial charge in [0.15, 0.2) is 0 Å². The third-order valence-corrected chi connectivity index (χ3v) is 6.37. The van der Waals surface area contributed by atoms with Crippen molar-refractivity contribution in [3.63, 3.8) is 0 Å². The number of thioether (sulfide) groups is 1. The number of hydrogen-bond acceptors (Lipinski definition) is 4. The van der Waals surface area contributed by atoms with Crippen molar-refractivity contribution in [3.8, 4) is 5.75 Å². The van der Waals surface area contributed by atoms with Gasteiger partial charge in [0.1, 0.15) is 5.75 Å². The highest BCUT2D eigenvalue weighted by Crippen LogP contribution is 2.41. The molecule has 5 nitrogen and oxygen atoms in total. The van der Waals surface area contributed by atoms with Crippen molar-refractivity contribution in [2.45, 2.75) is 29.5 Å². The molecule has 1 unspecified atom stereocenters. The Balaban J connectivity index is 1.63. The second-order valence-corrected chi connectivity index (χ2v) is 8.60. The van der Waals surface area contributed by atoms with E-state index >= 15 is 0 Å². The Hall–Kier alpha value is -3.46. The maximum absolute atomic E-state index is 13.4. The Morgan fingerprint density at radius 1 is 1.00 bits per heavy atom. The van der Waals surface area contributed by atoms with Crippen LogP contribution in [0.1, 0.15) is 21.5 Å². The molecule has 0 saturated heterocycles. The van der Waals surface area contributed by atoms with Crippen LogP contribution in [-0.4, -0.2) is 28.6 Å². The maximum atomic E-state index is 13.4. The summed E-state index contributed by atoms with van der Waals surface area (Å²) in [5.41, 5.74) is 1.78. The SMILES string of the molecule is O=C(O)c1ccc(CC2Sc3ccccc3N(Cc3ccccc3OC(F)(F)F)C2=O)cc1. The third kappa shape index (κ3) is 5.31. The maximum Gasteiger partial charge on any atom is 0.573 e. The first-order valence-corrected chi connectivity index (χ1v) is 10.8. The molecular weight excluding hydrogens is 455 g/mol. The molecule has 0 fully saturated rings. The van der Waals surface area contributed by atoms with Crippen molar-refractivity contribution in [2.24, 2.45) is 0 Å². The molecule has 9 heteroatoms. The molecule has 3 aromatic rings. The monoisotopic (exact) mass is 473 g/mol. The van der Waals surface area contributed by atoms with Crippen molar-refractivity contribution >= 4 is 29.3 Å². The summed E-state index contributed by atoms with van der Waals surface area (Å²) in [5.74, 6) is -1.64. The number of aromatic carboxylic acids is 1. The van der Waals surface area contributed by atoms with Crippen LogP contribution >= 0.6 is 11.8 Å². The summed E-state index contributed by atoms with van der Waals surface area (Å²) in [6, 6.07) is 19.2. The van der Waals surface area contributed by atoms with E-state index in [1.165, 1.54) is 47.0 Å². The zero-order valence-electron chi connectivity index (χ0n) is 17.1. The van der Waals surface area contributed by atoms with Gasteiger partial charge in [-0.1, -0.05) is 42.5 Å². The summed E-state index contributed by atoms with van der Waals surface area (Å²) in [4.78, 5) is 26.8. The lowest BCUT2D eigenvalue weighted by molar-refractivity contribution is -0.274. The molecule has 1 aliphatic heterocycles. The van der Waals surface area contributed by atoms with Gasteiger partial charge in [0, 0.05) is 10.5 Å². The van der Waals surface area contributed by atoms with E-state index in [0.717, 1.165) is 10.5 Å². The highest BCUT2D eigenvalue weighted by molar-refractivity contribution is 8.01. The summed E-state index contributed by atoms with van der Waals surface area (Å²) in [7, 11) is 0. The number of para-hydroxylation sites is 2. The third-order valence-electron chi connectivity index (χ3n) is 5.12. The summed E-state index contributed by atoms with van der Waals surface area (Å²) in [5, 5.41) is 8.55. The molecule has 4 rings (SSSR count). The quantitative estimate of drug-likeness (QED) is 0.510. The van der Waals surface area contributed by atoms with E-state index in [9.17, 15) is 22.8 Å². The van der Waals surface area contributed by atoms with E-state index < -0.39 is 17.6 Å². The zero-order valence-corrected chi connectivity index (χ0v) is 17.9. The van der Waals surface area contributed by atoms with Crippen LogP contribution in [0.3, 0.4) is 0 Å². The Morgan fingerprint density at radius 3 is 2.36 bits per heavy atom. The topological polar surface area (TPSA) is 66.8 Å². The molecule has 0 radical (unpaired) electrons. The summed E-state index contributed by atoms with van der Waals surface area (Å²) in [6.07, 6.45) is -4.50. The average Bonchev–Trinajstić information content (AvgIpc) is 2.77. The fraction of sp³-hybridized carbons (Fsp3) is 0.167. The lowest BCUT2D eigenvalue weighted by Gasteiger charge is -2.34. The van der Waals surface area contributed by atoms with Gasteiger partial charge in [0.05, 0.1) is 23.0 Å². The second kappa shape index (κ2) is 9.19. The Bertz CT molecular complexity index is 1180. The van der Waals surface area contributed by atoms with Crippen molar-refractivity contribution in [2.75, 3.05) is 4.90 Å². The molecule has 1 N–H and O–H groups in total. The first-order valence-electron chi connectivity index (χ1n) is 9.94. The number of rotatable bonds is 6. The van der Waals surface area contributed by atoms with E-state index in [1.54, 1.807) is 30.3 Å². The summed E-state index contributed by atoms with van der Waals surface area (Å²) < 4.78 is 42.7. The van der Waals surface area contributed by atoms with Gasteiger partial charge in [-0.25, -0.2) is 4.79 Å². The number of fused-ring (bicyclic) bond motifs is 1. The lowest BCUT2D eigenvalue weighted by atomic mass is 10.1. The van der Waals surface area contributed by atoms with E-state index in [-0.39, 0.29) is 29.3 Å². The number of halogens is 3. The van der Waals surface area contributed by atoms with E-state index in [0.29, 0.717) is 12.1 Å². The number of alkyl halides is 3. The average molecular weight is 473 g/mol. The fourth-order valence-corrected chi connectivity index (χ4v) is 4.86. The highest BCUT2D eigenvalue weighted by atomic mass is 32.2. The number of carbonyl (C=O) groups excluding carboxylic acids is 1. The Kier molecular flexibility index (Phi) is 6.33. The van der Waals surface area contributed by atoms with Crippen molar-refractivity contribution in [1.82, 2.24) is 0 Å². The predicted molar refractivity (Wildman–Crippen MR) is 118 cm³/mol. The molecule has 0 aliphatic carbocycles. The molecule has 170 valence electrons. The smallest absolute Gasteiger partial charge is 0.478 e. The molecule has 1 amide bonds. The Labute approximate surface area is 191 Å². The van der Waals surface area contributed by atoms with Crippen molar-refractivity contribution in [1.29, 1.82) is 0 Å². The number of carboxylic acids is 1. The van der Waals surface area contributed by atoms with E-state index in [1.807, 2.05) is 12.1 Å². The number of hydrogen-bond donors (Lipinski definition) is 1. The molecular formula is C24H18F3NO4S. The zero-order chi connectivity index (χ0) is 23.6. The minimum atomic E-state index is -4.85. The molecule has 3 aromatic carbocycles. The van der Waals surface area contributed by atoms with Crippen LogP contribution in [0.5, 0.6) is 5.75 Å². The number of anilines is 1. The van der Waals surface area contributed by atoms with Gasteiger partial charge in [-0.15, -0.1) is 24.9 Å². The van der Waals surface area contributed by atoms with Gasteiger partial charge in [-0.05, 0) is 42.3 Å². The highest BCUT2D eigenvalue weighted by Gasteiger charge is 2.35. The number of nitrogens with zero attached hydrogens (tertiary/aromatic N) is 1. The van der Waals surface area contributed by atoms with Crippen LogP contribution in [0, 0.1) is 0 Å². The lowest BCUT2D eigenvalue weighted by Crippen LogP contribution is -2.41. The molecule has 33 heavy (non-hydrogen) atoms. The van der Waals surface area contributed by atoms with Gasteiger partial charge in [-0.3, -0.25) is 4.79 Å². The molecule has 0 saturated carbocycles. The molecule has 1 heterocycles. The van der Waals surface area contributed by atoms with Gasteiger partial charge in [-0.2, -0.15) is 0 Å².